The number of β-amino-alcohol motifs (C(OH)–C–C–N with tert-alkyl or cyclic N) is 1. The van der Waals surface area contributed by atoms with Crippen LogP contribution in [-0.2, 0) is 19.3 Å². The van der Waals surface area contributed by atoms with E-state index in [4.69, 9.17) is 11.6 Å². The Labute approximate surface area is 254 Å². The van der Waals surface area contributed by atoms with Crippen molar-refractivity contribution < 1.29 is 41.4 Å². The van der Waals surface area contributed by atoms with Crippen LogP contribution in [0.25, 0.3) is 17.2 Å². The van der Waals surface area contributed by atoms with Crippen LogP contribution in [0.4, 0.5) is 26.3 Å². The Morgan fingerprint density at radius 1 is 1.11 bits per heavy atom. The molecule has 5 rings (SSSR count). The highest BCUT2D eigenvalue weighted by molar-refractivity contribution is 6.30. The van der Waals surface area contributed by atoms with Crippen LogP contribution < -0.4 is 5.69 Å². The number of nitrogens with zero attached hydrogens (tertiary/aromatic N) is 8. The first-order chi connectivity index (χ1) is 20.9. The molecular weight excluding hydrogens is 638 g/mol. The minimum Gasteiger partial charge on any atom is -0.388 e. The van der Waals surface area contributed by atoms with Crippen LogP contribution >= 0.6 is 11.6 Å². The molecule has 0 bridgehead atoms. The van der Waals surface area contributed by atoms with Gasteiger partial charge in [0.2, 0.25) is 5.82 Å². The zero-order valence-corrected chi connectivity index (χ0v) is 23.8. The third-order valence-electron chi connectivity index (χ3n) is 6.92. The van der Waals surface area contributed by atoms with Crippen LogP contribution in [0.2, 0.25) is 5.02 Å². The summed E-state index contributed by atoms with van der Waals surface area (Å²) in [6, 6.07) is 7.29. The molecule has 0 spiro atoms. The number of likely N-dealkylation sites (tertiary alicyclic amines) is 1. The standard InChI is InChI=1S/C26H23ClF6N8O4/c1-24(45)8-10-38(13-24)22(43)21-35-18(36-41(21)20-16(25(28,29)30)3-2-9-34-20)12-40-23(44)39(11-17(42)26(31,32)33)19(37-40)14-4-6-15(27)7-5-14/h2-7,9,17,42,45H,8,10-13H2,1H3/t17?,24-/m0/s1. The highest BCUT2D eigenvalue weighted by Gasteiger charge is 2.41. The number of hydrogen-bond donors (Lipinski definition) is 2. The first kappa shape index (κ1) is 32.1. The summed E-state index contributed by atoms with van der Waals surface area (Å²) < 4.78 is 83.1. The molecule has 4 heterocycles. The smallest absolute Gasteiger partial charge is 0.388 e. The number of carbonyl (C=O) groups excluding carboxylic acids is 1. The van der Waals surface area contributed by atoms with Gasteiger partial charge >= 0.3 is 18.0 Å². The molecule has 0 saturated carbocycles. The predicted molar refractivity (Wildman–Crippen MR) is 143 cm³/mol. The lowest BCUT2D eigenvalue weighted by Crippen LogP contribution is -2.37. The van der Waals surface area contributed by atoms with Gasteiger partial charge in [0, 0.05) is 29.9 Å². The molecule has 1 aromatic carbocycles. The second-order valence-corrected chi connectivity index (χ2v) is 11.0. The van der Waals surface area contributed by atoms with E-state index in [0.29, 0.717) is 13.9 Å². The van der Waals surface area contributed by atoms with E-state index in [1.165, 1.54) is 36.1 Å². The molecule has 12 nitrogen and oxygen atoms in total. The number of hydrogen-bond acceptors (Lipinski definition) is 8. The number of amides is 1. The molecule has 1 saturated heterocycles. The second-order valence-electron chi connectivity index (χ2n) is 10.5. The molecule has 0 radical (unpaired) electrons. The zero-order chi connectivity index (χ0) is 32.9. The number of benzene rings is 1. The summed E-state index contributed by atoms with van der Waals surface area (Å²) in [7, 11) is 0. The van der Waals surface area contributed by atoms with Gasteiger partial charge in [-0.25, -0.2) is 19.4 Å². The maximum absolute atomic E-state index is 13.9. The Balaban J connectivity index is 1.61. The third kappa shape index (κ3) is 6.71. The summed E-state index contributed by atoms with van der Waals surface area (Å²) >= 11 is 5.90. The van der Waals surface area contributed by atoms with E-state index in [9.17, 15) is 46.1 Å². The molecule has 0 aliphatic carbocycles. The van der Waals surface area contributed by atoms with Gasteiger partial charge in [0.25, 0.3) is 5.91 Å². The summed E-state index contributed by atoms with van der Waals surface area (Å²) in [6.45, 7) is -0.554. The van der Waals surface area contributed by atoms with Crippen LogP contribution in [0.1, 0.15) is 35.4 Å². The molecule has 240 valence electrons. The molecule has 4 aromatic rings. The van der Waals surface area contributed by atoms with Crippen molar-refractivity contribution >= 4 is 17.5 Å². The van der Waals surface area contributed by atoms with Crippen LogP contribution in [-0.4, -0.2) is 86.1 Å². The SMILES string of the molecule is C[C@]1(O)CCN(C(=O)c2nc(Cn3nc(-c4ccc(Cl)cc4)n(CC(O)C(F)(F)F)c3=O)nn2-c2ncccc2C(F)(F)F)C1. The zero-order valence-electron chi connectivity index (χ0n) is 23.1. The number of alkyl halides is 6. The van der Waals surface area contributed by atoms with Gasteiger partial charge < -0.3 is 15.1 Å². The molecule has 45 heavy (non-hydrogen) atoms. The van der Waals surface area contributed by atoms with E-state index in [2.05, 4.69) is 20.2 Å². The highest BCUT2D eigenvalue weighted by atomic mass is 35.5. The monoisotopic (exact) mass is 660 g/mol. The average Bonchev–Trinajstić information content (AvgIpc) is 3.63. The first-order valence-electron chi connectivity index (χ1n) is 13.1. The van der Waals surface area contributed by atoms with Crippen LogP contribution in [0.3, 0.4) is 0 Å². The van der Waals surface area contributed by atoms with Crippen molar-refractivity contribution in [3.05, 3.63) is 75.3 Å². The van der Waals surface area contributed by atoms with Gasteiger partial charge in [0.1, 0.15) is 12.1 Å². The summed E-state index contributed by atoms with van der Waals surface area (Å²) in [6.07, 6.45) is -11.7. The number of pyridine rings is 1. The molecule has 1 fully saturated rings. The fraction of sp³-hybridized carbons (Fsp3) is 0.385. The highest BCUT2D eigenvalue weighted by Crippen LogP contribution is 2.33. The van der Waals surface area contributed by atoms with Gasteiger partial charge in [-0.15, -0.1) is 10.2 Å². The van der Waals surface area contributed by atoms with Crippen LogP contribution in [0.15, 0.2) is 47.4 Å². The Hall–Kier alpha value is -4.29. The van der Waals surface area contributed by atoms with Crippen molar-refractivity contribution in [1.82, 2.24) is 39.0 Å². The van der Waals surface area contributed by atoms with E-state index in [1.807, 2.05) is 0 Å². The summed E-state index contributed by atoms with van der Waals surface area (Å²) in [5, 5.41) is 28.4. The van der Waals surface area contributed by atoms with Crippen molar-refractivity contribution in [2.45, 2.75) is 50.5 Å². The third-order valence-corrected chi connectivity index (χ3v) is 7.18. The number of aliphatic hydroxyl groups is 2. The van der Waals surface area contributed by atoms with Crippen LogP contribution in [0, 0.1) is 0 Å². The number of halogens is 7. The maximum atomic E-state index is 13.9. The topological polar surface area (TPSA) is 144 Å². The molecule has 1 amide bonds. The number of rotatable bonds is 7. The molecule has 3 aromatic heterocycles. The molecule has 1 aliphatic rings. The van der Waals surface area contributed by atoms with Gasteiger partial charge in [-0.05, 0) is 49.7 Å². The summed E-state index contributed by atoms with van der Waals surface area (Å²) in [5.74, 6) is -3.01. The molecule has 2 atom stereocenters. The van der Waals surface area contributed by atoms with Crippen molar-refractivity contribution in [3.63, 3.8) is 0 Å². The number of carbonyl (C=O) groups is 1. The lowest BCUT2D eigenvalue weighted by atomic mass is 10.1. The van der Waals surface area contributed by atoms with Gasteiger partial charge in [-0.2, -0.15) is 31.0 Å². The Bertz CT molecular complexity index is 1780. The van der Waals surface area contributed by atoms with Gasteiger partial charge in [-0.3, -0.25) is 9.36 Å². The molecule has 1 unspecified atom stereocenters. The van der Waals surface area contributed by atoms with E-state index >= 15 is 0 Å². The molecule has 19 heteroatoms. The van der Waals surface area contributed by atoms with Gasteiger partial charge in [0.15, 0.2) is 23.6 Å². The quantitative estimate of drug-likeness (QED) is 0.288. The van der Waals surface area contributed by atoms with E-state index < -0.39 is 71.8 Å². The molecule has 2 N–H and O–H groups in total. The second kappa shape index (κ2) is 11.6. The number of aromatic nitrogens is 7. The van der Waals surface area contributed by atoms with Crippen molar-refractivity contribution in [2.75, 3.05) is 13.1 Å². The number of aliphatic hydroxyl groups excluding tert-OH is 1. The summed E-state index contributed by atoms with van der Waals surface area (Å²) in [5.41, 5.74) is -3.50. The Kier molecular flexibility index (Phi) is 8.26. The lowest BCUT2D eigenvalue weighted by Gasteiger charge is -2.19. The molecular formula is C26H23ClF6N8O4. The first-order valence-corrected chi connectivity index (χ1v) is 13.5. The minimum atomic E-state index is -5.08. The maximum Gasteiger partial charge on any atom is 0.420 e. The largest absolute Gasteiger partial charge is 0.420 e. The predicted octanol–water partition coefficient (Wildman–Crippen LogP) is 2.93. The average molecular weight is 661 g/mol. The fourth-order valence-corrected chi connectivity index (χ4v) is 4.81. The summed E-state index contributed by atoms with van der Waals surface area (Å²) in [4.78, 5) is 35.8. The van der Waals surface area contributed by atoms with Gasteiger partial charge in [0.05, 0.1) is 12.1 Å². The van der Waals surface area contributed by atoms with Crippen molar-refractivity contribution in [1.29, 1.82) is 0 Å². The van der Waals surface area contributed by atoms with Crippen molar-refractivity contribution in [2.24, 2.45) is 0 Å². The normalized spacial score (nSPS) is 18.0. The van der Waals surface area contributed by atoms with Crippen LogP contribution in [0.5, 0.6) is 0 Å². The van der Waals surface area contributed by atoms with Gasteiger partial charge in [-0.1, -0.05) is 11.6 Å². The van der Waals surface area contributed by atoms with E-state index in [0.717, 1.165) is 18.3 Å². The Morgan fingerprint density at radius 3 is 2.40 bits per heavy atom. The minimum absolute atomic E-state index is 0.0538. The lowest BCUT2D eigenvalue weighted by molar-refractivity contribution is -0.207. The van der Waals surface area contributed by atoms with E-state index in [-0.39, 0.29) is 35.9 Å². The molecule has 1 aliphatic heterocycles. The van der Waals surface area contributed by atoms with Crippen molar-refractivity contribution in [3.8, 4) is 17.2 Å². The van der Waals surface area contributed by atoms with E-state index in [1.54, 1.807) is 0 Å². The Morgan fingerprint density at radius 2 is 1.80 bits per heavy atom. The fourth-order valence-electron chi connectivity index (χ4n) is 4.69.